The molecule has 2 N–H and O–H groups in total. The molecule has 30 heavy (non-hydrogen) atoms. The largest absolute Gasteiger partial charge is 0.491 e. The summed E-state index contributed by atoms with van der Waals surface area (Å²) in [7, 11) is 0. The lowest BCUT2D eigenvalue weighted by Crippen LogP contribution is -2.36. The molecule has 0 aromatic heterocycles. The molecule has 0 aliphatic carbocycles. The molecule has 0 spiro atoms. The quantitative estimate of drug-likeness (QED) is 0.212. The number of guanidine groups is 1. The van der Waals surface area contributed by atoms with Crippen molar-refractivity contribution >= 4 is 29.9 Å². The van der Waals surface area contributed by atoms with E-state index >= 15 is 0 Å². The standard InChI is InChI=1S/C23H30N4O2.HI/c1-4-25-23(26-16-20-8-6-7-19(14-20)15-24)27-17-21-10-9-18(3)13-22(21)29-12-11-28-5-2;/h6-10,13-14H,4-5,11-12,16-17H2,1-3H3,(H2,25,26,27);1H. The highest BCUT2D eigenvalue weighted by atomic mass is 127. The molecule has 2 aromatic rings. The summed E-state index contributed by atoms with van der Waals surface area (Å²) in [4.78, 5) is 4.63. The van der Waals surface area contributed by atoms with Crippen LogP contribution in [0.15, 0.2) is 47.5 Å². The number of hydrogen-bond acceptors (Lipinski definition) is 4. The lowest BCUT2D eigenvalue weighted by Gasteiger charge is -2.15. The fourth-order valence-corrected chi connectivity index (χ4v) is 2.73. The summed E-state index contributed by atoms with van der Waals surface area (Å²) in [6.45, 7) is 9.68. The van der Waals surface area contributed by atoms with E-state index in [1.807, 2.05) is 45.0 Å². The van der Waals surface area contributed by atoms with Crippen LogP contribution < -0.4 is 15.4 Å². The van der Waals surface area contributed by atoms with E-state index < -0.39 is 0 Å². The van der Waals surface area contributed by atoms with Crippen LogP contribution in [0.3, 0.4) is 0 Å². The summed E-state index contributed by atoms with van der Waals surface area (Å²) in [6, 6.07) is 15.8. The molecule has 0 aliphatic heterocycles. The van der Waals surface area contributed by atoms with Crippen LogP contribution in [0.4, 0.5) is 0 Å². The van der Waals surface area contributed by atoms with Crippen LogP contribution in [0.5, 0.6) is 5.75 Å². The van der Waals surface area contributed by atoms with E-state index in [1.54, 1.807) is 6.07 Å². The summed E-state index contributed by atoms with van der Waals surface area (Å²) < 4.78 is 11.3. The molecule has 0 unspecified atom stereocenters. The maximum Gasteiger partial charge on any atom is 0.191 e. The van der Waals surface area contributed by atoms with Crippen molar-refractivity contribution in [2.75, 3.05) is 26.4 Å². The van der Waals surface area contributed by atoms with Crippen molar-refractivity contribution in [1.29, 1.82) is 5.26 Å². The number of nitrogens with one attached hydrogen (secondary N) is 2. The third kappa shape index (κ3) is 9.01. The van der Waals surface area contributed by atoms with Crippen LogP contribution in [0.2, 0.25) is 0 Å². The summed E-state index contributed by atoms with van der Waals surface area (Å²) >= 11 is 0. The first kappa shape index (κ1) is 25.7. The van der Waals surface area contributed by atoms with Crippen molar-refractivity contribution in [3.05, 3.63) is 64.7 Å². The van der Waals surface area contributed by atoms with E-state index in [-0.39, 0.29) is 24.0 Å². The predicted octanol–water partition coefficient (Wildman–Crippen LogP) is 4.16. The molecule has 0 heterocycles. The fourth-order valence-electron chi connectivity index (χ4n) is 2.73. The van der Waals surface area contributed by atoms with Crippen LogP contribution in [-0.4, -0.2) is 32.3 Å². The number of benzene rings is 2. The van der Waals surface area contributed by atoms with Crippen molar-refractivity contribution < 1.29 is 9.47 Å². The maximum atomic E-state index is 9.04. The van der Waals surface area contributed by atoms with Gasteiger partial charge in [0.05, 0.1) is 24.8 Å². The average Bonchev–Trinajstić information content (AvgIpc) is 2.74. The van der Waals surface area contributed by atoms with E-state index in [1.165, 1.54) is 0 Å². The first-order chi connectivity index (χ1) is 14.2. The van der Waals surface area contributed by atoms with Crippen molar-refractivity contribution in [1.82, 2.24) is 10.6 Å². The van der Waals surface area contributed by atoms with Crippen LogP contribution in [0.1, 0.15) is 36.1 Å². The minimum absolute atomic E-state index is 0. The predicted molar refractivity (Wildman–Crippen MR) is 131 cm³/mol. The molecule has 0 saturated carbocycles. The molecular formula is C23H31IN4O2. The zero-order valence-electron chi connectivity index (χ0n) is 17.9. The van der Waals surface area contributed by atoms with E-state index in [0.717, 1.165) is 34.9 Å². The van der Waals surface area contributed by atoms with Gasteiger partial charge in [0, 0.05) is 25.3 Å². The summed E-state index contributed by atoms with van der Waals surface area (Å²) in [6.07, 6.45) is 0. The Balaban J connectivity index is 0.00000450. The lowest BCUT2D eigenvalue weighted by molar-refractivity contribution is 0.110. The lowest BCUT2D eigenvalue weighted by atomic mass is 10.1. The molecular weight excluding hydrogens is 491 g/mol. The normalized spacial score (nSPS) is 10.7. The Bertz CT molecular complexity index is 849. The molecule has 0 bridgehead atoms. The van der Waals surface area contributed by atoms with Gasteiger partial charge in [0.2, 0.25) is 0 Å². The van der Waals surface area contributed by atoms with Crippen LogP contribution >= 0.6 is 24.0 Å². The van der Waals surface area contributed by atoms with Gasteiger partial charge in [0.1, 0.15) is 12.4 Å². The minimum Gasteiger partial charge on any atom is -0.491 e. The van der Waals surface area contributed by atoms with Crippen molar-refractivity contribution in [3.63, 3.8) is 0 Å². The molecule has 162 valence electrons. The highest BCUT2D eigenvalue weighted by Crippen LogP contribution is 2.20. The number of rotatable bonds is 10. The second-order valence-corrected chi connectivity index (χ2v) is 6.52. The van der Waals surface area contributed by atoms with Gasteiger partial charge < -0.3 is 20.1 Å². The highest BCUT2D eigenvalue weighted by molar-refractivity contribution is 14.0. The topological polar surface area (TPSA) is 78.7 Å². The Hall–Kier alpha value is -2.31. The molecule has 2 aromatic carbocycles. The van der Waals surface area contributed by atoms with Gasteiger partial charge in [-0.05, 0) is 50.1 Å². The second kappa shape index (κ2) is 14.6. The molecule has 7 heteroatoms. The number of ether oxygens (including phenoxy) is 2. The molecule has 2 rings (SSSR count). The van der Waals surface area contributed by atoms with Crippen LogP contribution in [0, 0.1) is 18.3 Å². The van der Waals surface area contributed by atoms with Crippen molar-refractivity contribution in [2.24, 2.45) is 4.99 Å². The van der Waals surface area contributed by atoms with Gasteiger partial charge in [-0.2, -0.15) is 5.26 Å². The van der Waals surface area contributed by atoms with Crippen molar-refractivity contribution in [3.8, 4) is 11.8 Å². The van der Waals surface area contributed by atoms with E-state index in [4.69, 9.17) is 14.7 Å². The molecule has 0 atom stereocenters. The van der Waals surface area contributed by atoms with E-state index in [0.29, 0.717) is 38.5 Å². The van der Waals surface area contributed by atoms with Crippen LogP contribution in [-0.2, 0) is 17.8 Å². The third-order valence-electron chi connectivity index (χ3n) is 4.18. The molecule has 0 radical (unpaired) electrons. The van der Waals surface area contributed by atoms with Crippen molar-refractivity contribution in [2.45, 2.75) is 33.9 Å². The summed E-state index contributed by atoms with van der Waals surface area (Å²) in [5.74, 6) is 1.57. The molecule has 0 amide bonds. The maximum absolute atomic E-state index is 9.04. The third-order valence-corrected chi connectivity index (χ3v) is 4.18. The van der Waals surface area contributed by atoms with Gasteiger partial charge >= 0.3 is 0 Å². The molecule has 6 nitrogen and oxygen atoms in total. The van der Waals surface area contributed by atoms with Gasteiger partial charge in [0.25, 0.3) is 0 Å². The Morgan fingerprint density at radius 1 is 1.10 bits per heavy atom. The molecule has 0 aliphatic rings. The summed E-state index contributed by atoms with van der Waals surface area (Å²) in [5.41, 5.74) is 3.85. The highest BCUT2D eigenvalue weighted by Gasteiger charge is 2.06. The van der Waals surface area contributed by atoms with Gasteiger partial charge in [0.15, 0.2) is 5.96 Å². The number of halogens is 1. The number of nitriles is 1. The fraction of sp³-hybridized carbons (Fsp3) is 0.391. The molecule has 0 fully saturated rings. The second-order valence-electron chi connectivity index (χ2n) is 6.52. The van der Waals surface area contributed by atoms with Gasteiger partial charge in [-0.25, -0.2) is 4.99 Å². The van der Waals surface area contributed by atoms with Gasteiger partial charge in [-0.3, -0.25) is 0 Å². The number of hydrogen-bond donors (Lipinski definition) is 2. The SMILES string of the molecule is CCNC(=NCc1cccc(C#N)c1)NCc1ccc(C)cc1OCCOCC.I. The van der Waals surface area contributed by atoms with E-state index in [2.05, 4.69) is 33.8 Å². The zero-order chi connectivity index (χ0) is 20.9. The Morgan fingerprint density at radius 3 is 2.67 bits per heavy atom. The number of aryl methyl sites for hydroxylation is 1. The number of nitrogens with zero attached hydrogens (tertiary/aromatic N) is 2. The first-order valence-electron chi connectivity index (χ1n) is 9.97. The smallest absolute Gasteiger partial charge is 0.191 e. The Morgan fingerprint density at radius 2 is 1.93 bits per heavy atom. The zero-order valence-corrected chi connectivity index (χ0v) is 20.2. The van der Waals surface area contributed by atoms with E-state index in [9.17, 15) is 0 Å². The Labute approximate surface area is 196 Å². The first-order valence-corrected chi connectivity index (χ1v) is 9.97. The minimum atomic E-state index is 0. The van der Waals surface area contributed by atoms with Crippen LogP contribution in [0.25, 0.3) is 0 Å². The monoisotopic (exact) mass is 522 g/mol. The summed E-state index contributed by atoms with van der Waals surface area (Å²) in [5, 5.41) is 15.7. The average molecular weight is 522 g/mol. The van der Waals surface area contributed by atoms with Gasteiger partial charge in [-0.1, -0.05) is 24.3 Å². The Kier molecular flexibility index (Phi) is 12.6. The van der Waals surface area contributed by atoms with Gasteiger partial charge in [-0.15, -0.1) is 24.0 Å². The number of aliphatic imine (C=N–C) groups is 1. The molecule has 0 saturated heterocycles.